The van der Waals surface area contributed by atoms with Crippen LogP contribution in [0.1, 0.15) is 29.8 Å². The van der Waals surface area contributed by atoms with Crippen molar-refractivity contribution in [2.24, 2.45) is 0 Å². The Kier molecular flexibility index (Phi) is 4.46. The van der Waals surface area contributed by atoms with Gasteiger partial charge in [0.15, 0.2) is 0 Å². The van der Waals surface area contributed by atoms with E-state index in [1.54, 1.807) is 6.20 Å². The Bertz CT molecular complexity index is 736. The summed E-state index contributed by atoms with van der Waals surface area (Å²) in [5.74, 6) is 0.687. The van der Waals surface area contributed by atoms with E-state index in [4.69, 9.17) is 0 Å². The zero-order valence-electron chi connectivity index (χ0n) is 12.6. The number of fused-ring (bicyclic) bond motifs is 1. The van der Waals surface area contributed by atoms with Gasteiger partial charge in [-0.25, -0.2) is 9.97 Å². The van der Waals surface area contributed by atoms with Gasteiger partial charge in [-0.2, -0.15) is 0 Å². The highest BCUT2D eigenvalue weighted by atomic mass is 16.3. The molecule has 0 fully saturated rings. The Hall–Kier alpha value is -2.24. The molecule has 0 bridgehead atoms. The highest BCUT2D eigenvalue weighted by Gasteiger charge is 2.11. The first kappa shape index (κ1) is 14.7. The molecule has 2 heterocycles. The van der Waals surface area contributed by atoms with Crippen molar-refractivity contribution in [1.29, 1.82) is 0 Å². The first-order valence-electron chi connectivity index (χ1n) is 7.52. The Balaban J connectivity index is 1.72. The van der Waals surface area contributed by atoms with E-state index in [-0.39, 0.29) is 12.6 Å². The fraction of sp³-hybridized carbons (Fsp3) is 0.294. The lowest BCUT2D eigenvalue weighted by Crippen LogP contribution is -2.24. The maximum Gasteiger partial charge on any atom is 0.233 e. The number of hydrogen-bond donors (Lipinski definition) is 2. The second-order valence-corrected chi connectivity index (χ2v) is 5.25. The van der Waals surface area contributed by atoms with E-state index in [2.05, 4.69) is 46.5 Å². The average Bonchev–Trinajstić information content (AvgIpc) is 2.99. The molecular formula is C17H20N4O. The van der Waals surface area contributed by atoms with Crippen molar-refractivity contribution < 1.29 is 5.11 Å². The molecule has 5 heteroatoms. The molecule has 3 rings (SSSR count). The summed E-state index contributed by atoms with van der Waals surface area (Å²) in [7, 11) is 0. The maximum absolute atomic E-state index is 9.65. The zero-order chi connectivity index (χ0) is 15.4. The fourth-order valence-corrected chi connectivity index (χ4v) is 2.51. The summed E-state index contributed by atoms with van der Waals surface area (Å²) in [5, 5.41) is 13.0. The molecule has 0 spiro atoms. The number of hydrogen-bond acceptors (Lipinski definition) is 4. The molecule has 2 aromatic heterocycles. The molecule has 5 nitrogen and oxygen atoms in total. The van der Waals surface area contributed by atoms with Crippen LogP contribution < -0.4 is 5.32 Å². The summed E-state index contributed by atoms with van der Waals surface area (Å²) in [6.45, 7) is 2.81. The van der Waals surface area contributed by atoms with Crippen LogP contribution >= 0.6 is 0 Å². The average molecular weight is 296 g/mol. The van der Waals surface area contributed by atoms with Gasteiger partial charge in [0.1, 0.15) is 0 Å². The highest BCUT2D eigenvalue weighted by molar-refractivity contribution is 5.30. The molecule has 1 aromatic carbocycles. The SMILES string of the molecule is CCc1ccc(C(CO)NCc2cnc3ncccn23)cc1. The molecule has 3 aromatic rings. The molecule has 0 radical (unpaired) electrons. The summed E-state index contributed by atoms with van der Waals surface area (Å²) in [6, 6.07) is 10.2. The molecule has 1 atom stereocenters. The second-order valence-electron chi connectivity index (χ2n) is 5.25. The van der Waals surface area contributed by atoms with Crippen LogP contribution in [0.4, 0.5) is 0 Å². The molecule has 22 heavy (non-hydrogen) atoms. The third kappa shape index (κ3) is 3.00. The monoisotopic (exact) mass is 296 g/mol. The third-order valence-electron chi connectivity index (χ3n) is 3.87. The number of nitrogens with zero attached hydrogens (tertiary/aromatic N) is 3. The Morgan fingerprint density at radius 1 is 1.23 bits per heavy atom. The van der Waals surface area contributed by atoms with Gasteiger partial charge in [-0.3, -0.25) is 4.40 Å². The lowest BCUT2D eigenvalue weighted by Gasteiger charge is -2.17. The van der Waals surface area contributed by atoms with Crippen molar-refractivity contribution in [2.45, 2.75) is 25.9 Å². The summed E-state index contributed by atoms with van der Waals surface area (Å²) >= 11 is 0. The van der Waals surface area contributed by atoms with Crippen LogP contribution in [0.5, 0.6) is 0 Å². The van der Waals surface area contributed by atoms with Crippen molar-refractivity contribution in [3.8, 4) is 0 Å². The van der Waals surface area contributed by atoms with E-state index in [1.165, 1.54) is 5.56 Å². The van der Waals surface area contributed by atoms with E-state index in [9.17, 15) is 5.11 Å². The predicted molar refractivity (Wildman–Crippen MR) is 85.5 cm³/mol. The number of benzene rings is 1. The first-order chi connectivity index (χ1) is 10.8. The van der Waals surface area contributed by atoms with Crippen molar-refractivity contribution >= 4 is 5.78 Å². The van der Waals surface area contributed by atoms with Crippen LogP contribution in [0.2, 0.25) is 0 Å². The van der Waals surface area contributed by atoms with Crippen molar-refractivity contribution in [3.63, 3.8) is 0 Å². The van der Waals surface area contributed by atoms with Gasteiger partial charge < -0.3 is 10.4 Å². The van der Waals surface area contributed by atoms with Gasteiger partial charge in [0, 0.05) is 18.9 Å². The molecule has 0 amide bonds. The number of aromatic nitrogens is 3. The van der Waals surface area contributed by atoms with E-state index in [1.807, 2.05) is 22.9 Å². The topological polar surface area (TPSA) is 62.5 Å². The molecule has 114 valence electrons. The summed E-state index contributed by atoms with van der Waals surface area (Å²) in [6.07, 6.45) is 6.50. The van der Waals surface area contributed by atoms with E-state index in [0.717, 1.165) is 17.7 Å². The number of nitrogens with one attached hydrogen (secondary N) is 1. The standard InChI is InChI=1S/C17H20N4O/c1-2-13-4-6-14(7-5-13)16(12-22)19-10-15-11-20-17-18-8-3-9-21(15)17/h3-9,11,16,19,22H,2,10,12H2,1H3. The number of aliphatic hydroxyl groups excluding tert-OH is 1. The lowest BCUT2D eigenvalue weighted by atomic mass is 10.0. The number of imidazole rings is 1. The summed E-state index contributed by atoms with van der Waals surface area (Å²) in [5.41, 5.74) is 3.41. The van der Waals surface area contributed by atoms with E-state index >= 15 is 0 Å². The van der Waals surface area contributed by atoms with Crippen LogP contribution in [-0.2, 0) is 13.0 Å². The van der Waals surface area contributed by atoms with Crippen LogP contribution in [0.3, 0.4) is 0 Å². The third-order valence-corrected chi connectivity index (χ3v) is 3.87. The number of rotatable bonds is 6. The molecule has 0 aliphatic heterocycles. The summed E-state index contributed by atoms with van der Waals surface area (Å²) in [4.78, 5) is 8.47. The van der Waals surface area contributed by atoms with Gasteiger partial charge >= 0.3 is 0 Å². The predicted octanol–water partition coefficient (Wildman–Crippen LogP) is 2.11. The molecule has 0 aliphatic rings. The summed E-state index contributed by atoms with van der Waals surface area (Å²) < 4.78 is 1.95. The van der Waals surface area contributed by atoms with Crippen molar-refractivity contribution in [2.75, 3.05) is 6.61 Å². The Labute approximate surface area is 129 Å². The van der Waals surface area contributed by atoms with Gasteiger partial charge in [0.2, 0.25) is 5.78 Å². The first-order valence-corrected chi connectivity index (χ1v) is 7.52. The van der Waals surface area contributed by atoms with Crippen LogP contribution in [0.15, 0.2) is 48.9 Å². The quantitative estimate of drug-likeness (QED) is 0.731. The molecule has 0 saturated heterocycles. The van der Waals surface area contributed by atoms with Crippen molar-refractivity contribution in [3.05, 3.63) is 65.7 Å². The van der Waals surface area contributed by atoms with Crippen LogP contribution in [0, 0.1) is 0 Å². The van der Waals surface area contributed by atoms with Gasteiger partial charge in [0.05, 0.1) is 24.5 Å². The van der Waals surface area contributed by atoms with Gasteiger partial charge in [-0.15, -0.1) is 0 Å². The van der Waals surface area contributed by atoms with E-state index in [0.29, 0.717) is 12.3 Å². The Morgan fingerprint density at radius 2 is 2.05 bits per heavy atom. The maximum atomic E-state index is 9.65. The normalized spacial score (nSPS) is 12.6. The molecular weight excluding hydrogens is 276 g/mol. The highest BCUT2D eigenvalue weighted by Crippen LogP contribution is 2.15. The number of aliphatic hydroxyl groups is 1. The molecule has 0 aliphatic carbocycles. The van der Waals surface area contributed by atoms with Gasteiger partial charge in [-0.05, 0) is 23.6 Å². The van der Waals surface area contributed by atoms with Crippen molar-refractivity contribution in [1.82, 2.24) is 19.7 Å². The minimum Gasteiger partial charge on any atom is -0.394 e. The number of aryl methyl sites for hydroxylation is 1. The van der Waals surface area contributed by atoms with E-state index < -0.39 is 0 Å². The lowest BCUT2D eigenvalue weighted by molar-refractivity contribution is 0.243. The van der Waals surface area contributed by atoms with Crippen LogP contribution in [0.25, 0.3) is 5.78 Å². The molecule has 2 N–H and O–H groups in total. The molecule has 1 unspecified atom stereocenters. The van der Waals surface area contributed by atoms with Gasteiger partial charge in [0.25, 0.3) is 0 Å². The smallest absolute Gasteiger partial charge is 0.233 e. The van der Waals surface area contributed by atoms with Gasteiger partial charge in [-0.1, -0.05) is 31.2 Å². The minimum atomic E-state index is -0.0897. The fourth-order valence-electron chi connectivity index (χ4n) is 2.51. The molecule has 0 saturated carbocycles. The zero-order valence-corrected chi connectivity index (χ0v) is 12.6. The minimum absolute atomic E-state index is 0.0560. The Morgan fingerprint density at radius 3 is 2.77 bits per heavy atom. The van der Waals surface area contributed by atoms with Crippen LogP contribution in [-0.4, -0.2) is 26.1 Å². The second kappa shape index (κ2) is 6.68. The largest absolute Gasteiger partial charge is 0.394 e.